The summed E-state index contributed by atoms with van der Waals surface area (Å²) < 4.78 is 0. The molecule has 96 valence electrons. The molecule has 5 nitrogen and oxygen atoms in total. The third kappa shape index (κ3) is 3.35. The van der Waals surface area contributed by atoms with E-state index in [9.17, 15) is 9.59 Å². The van der Waals surface area contributed by atoms with Crippen LogP contribution in [-0.2, 0) is 4.79 Å². The van der Waals surface area contributed by atoms with E-state index in [0.29, 0.717) is 19.0 Å². The molecule has 2 rings (SSSR count). The van der Waals surface area contributed by atoms with Gasteiger partial charge >= 0.3 is 12.0 Å². The molecule has 0 aromatic rings. The minimum Gasteiger partial charge on any atom is -0.481 e. The first-order chi connectivity index (χ1) is 8.06. The van der Waals surface area contributed by atoms with Crippen molar-refractivity contribution < 1.29 is 14.7 Å². The van der Waals surface area contributed by atoms with Gasteiger partial charge in [-0.3, -0.25) is 4.79 Å². The maximum Gasteiger partial charge on any atom is 0.317 e. The van der Waals surface area contributed by atoms with Gasteiger partial charge in [0.25, 0.3) is 0 Å². The maximum absolute atomic E-state index is 11.7. The van der Waals surface area contributed by atoms with Gasteiger partial charge in [-0.1, -0.05) is 6.92 Å². The number of nitrogens with zero attached hydrogens (tertiary/aromatic N) is 1. The van der Waals surface area contributed by atoms with Crippen LogP contribution in [0.1, 0.15) is 26.2 Å². The van der Waals surface area contributed by atoms with Crippen LogP contribution >= 0.6 is 0 Å². The van der Waals surface area contributed by atoms with Gasteiger partial charge in [0, 0.05) is 25.6 Å². The molecule has 2 fully saturated rings. The van der Waals surface area contributed by atoms with Crippen LogP contribution in [-0.4, -0.2) is 41.6 Å². The van der Waals surface area contributed by atoms with Crippen LogP contribution in [0.5, 0.6) is 0 Å². The van der Waals surface area contributed by atoms with Gasteiger partial charge < -0.3 is 15.3 Å². The quantitative estimate of drug-likeness (QED) is 0.757. The largest absolute Gasteiger partial charge is 0.481 e. The van der Waals surface area contributed by atoms with Crippen molar-refractivity contribution in [3.63, 3.8) is 0 Å². The molecule has 1 saturated carbocycles. The van der Waals surface area contributed by atoms with Crippen molar-refractivity contribution in [1.82, 2.24) is 10.2 Å². The summed E-state index contributed by atoms with van der Waals surface area (Å²) in [5, 5.41) is 11.5. The first-order valence-corrected chi connectivity index (χ1v) is 6.31. The number of urea groups is 1. The van der Waals surface area contributed by atoms with Crippen molar-refractivity contribution in [2.45, 2.75) is 26.2 Å². The molecule has 0 aromatic carbocycles. The topological polar surface area (TPSA) is 69.6 Å². The Labute approximate surface area is 101 Å². The van der Waals surface area contributed by atoms with Crippen LogP contribution in [0.15, 0.2) is 0 Å². The normalized spacial score (nSPS) is 21.8. The highest BCUT2D eigenvalue weighted by Crippen LogP contribution is 2.36. The van der Waals surface area contributed by atoms with E-state index in [2.05, 4.69) is 12.2 Å². The lowest BCUT2D eigenvalue weighted by molar-refractivity contribution is -0.139. The molecular weight excluding hydrogens is 220 g/mol. The zero-order chi connectivity index (χ0) is 12.4. The number of rotatable bonds is 5. The van der Waals surface area contributed by atoms with Crippen LogP contribution in [0.25, 0.3) is 0 Å². The molecule has 17 heavy (non-hydrogen) atoms. The molecule has 2 amide bonds. The second-order valence-corrected chi connectivity index (χ2v) is 5.37. The monoisotopic (exact) mass is 240 g/mol. The van der Waals surface area contributed by atoms with Crippen molar-refractivity contribution in [2.24, 2.45) is 17.8 Å². The predicted octanol–water partition coefficient (Wildman–Crippen LogP) is 1.15. The number of likely N-dealkylation sites (tertiary alicyclic amines) is 1. The molecule has 1 aliphatic carbocycles. The van der Waals surface area contributed by atoms with Gasteiger partial charge in [0.2, 0.25) is 0 Å². The van der Waals surface area contributed by atoms with E-state index in [1.807, 2.05) is 0 Å². The molecule has 1 heterocycles. The number of nitrogens with one attached hydrogen (secondary N) is 1. The van der Waals surface area contributed by atoms with Gasteiger partial charge in [0.15, 0.2) is 0 Å². The third-order valence-electron chi connectivity index (χ3n) is 3.71. The fourth-order valence-corrected chi connectivity index (χ4v) is 2.30. The molecule has 1 saturated heterocycles. The summed E-state index contributed by atoms with van der Waals surface area (Å²) in [6.45, 7) is 4.07. The molecule has 0 radical (unpaired) electrons. The Kier molecular flexibility index (Phi) is 3.54. The molecular formula is C12H20N2O3. The SMILES string of the molecule is CC(CNC(=O)N1CC(CC(=O)O)C1)C1CC1. The Morgan fingerprint density at radius 1 is 1.41 bits per heavy atom. The summed E-state index contributed by atoms with van der Waals surface area (Å²) >= 11 is 0. The van der Waals surface area contributed by atoms with Gasteiger partial charge in [-0.05, 0) is 24.7 Å². The molecule has 1 aliphatic heterocycles. The minimum absolute atomic E-state index is 0.0425. The van der Waals surface area contributed by atoms with Crippen molar-refractivity contribution in [3.05, 3.63) is 0 Å². The predicted molar refractivity (Wildman–Crippen MR) is 62.6 cm³/mol. The zero-order valence-electron chi connectivity index (χ0n) is 10.2. The van der Waals surface area contributed by atoms with Crippen molar-refractivity contribution in [3.8, 4) is 0 Å². The average Bonchev–Trinajstić information content (AvgIpc) is 3.01. The van der Waals surface area contributed by atoms with E-state index in [1.54, 1.807) is 4.90 Å². The van der Waals surface area contributed by atoms with Crippen LogP contribution in [0, 0.1) is 17.8 Å². The number of carboxylic acids is 1. The first kappa shape index (κ1) is 12.2. The standard InChI is InChI=1S/C12H20N2O3/c1-8(10-2-3-10)5-13-12(17)14-6-9(7-14)4-11(15)16/h8-10H,2-7H2,1H3,(H,13,17)(H,15,16). The number of hydrogen-bond donors (Lipinski definition) is 2. The van der Waals surface area contributed by atoms with Gasteiger partial charge in [-0.25, -0.2) is 4.79 Å². The Morgan fingerprint density at radius 2 is 2.06 bits per heavy atom. The molecule has 5 heteroatoms. The van der Waals surface area contributed by atoms with E-state index in [0.717, 1.165) is 12.5 Å². The number of aliphatic carboxylic acids is 1. The second kappa shape index (κ2) is 4.94. The van der Waals surface area contributed by atoms with E-state index in [4.69, 9.17) is 5.11 Å². The number of hydrogen-bond acceptors (Lipinski definition) is 2. The Morgan fingerprint density at radius 3 is 2.59 bits per heavy atom. The Balaban J connectivity index is 1.60. The van der Waals surface area contributed by atoms with E-state index >= 15 is 0 Å². The van der Waals surface area contributed by atoms with Crippen LogP contribution < -0.4 is 5.32 Å². The van der Waals surface area contributed by atoms with Gasteiger partial charge in [-0.2, -0.15) is 0 Å². The van der Waals surface area contributed by atoms with Crippen LogP contribution in [0.4, 0.5) is 4.79 Å². The summed E-state index contributed by atoms with van der Waals surface area (Å²) in [5.41, 5.74) is 0. The average molecular weight is 240 g/mol. The molecule has 2 N–H and O–H groups in total. The van der Waals surface area contributed by atoms with Crippen LogP contribution in [0.2, 0.25) is 0 Å². The molecule has 0 aromatic heterocycles. The number of carbonyl (C=O) groups is 2. The van der Waals surface area contributed by atoms with E-state index in [-0.39, 0.29) is 18.4 Å². The lowest BCUT2D eigenvalue weighted by Gasteiger charge is -2.38. The summed E-state index contributed by atoms with van der Waals surface area (Å²) in [7, 11) is 0. The number of carboxylic acid groups (broad SMARTS) is 1. The van der Waals surface area contributed by atoms with Crippen molar-refractivity contribution in [1.29, 1.82) is 0 Å². The van der Waals surface area contributed by atoms with Crippen molar-refractivity contribution in [2.75, 3.05) is 19.6 Å². The Bertz CT molecular complexity index is 309. The third-order valence-corrected chi connectivity index (χ3v) is 3.71. The minimum atomic E-state index is -0.780. The van der Waals surface area contributed by atoms with Gasteiger partial charge in [0.1, 0.15) is 0 Å². The highest BCUT2D eigenvalue weighted by atomic mass is 16.4. The molecule has 1 atom stereocenters. The second-order valence-electron chi connectivity index (χ2n) is 5.37. The number of amides is 2. The summed E-state index contributed by atoms with van der Waals surface area (Å²) in [6, 6.07) is -0.0425. The lowest BCUT2D eigenvalue weighted by atomic mass is 9.97. The van der Waals surface area contributed by atoms with Crippen molar-refractivity contribution >= 4 is 12.0 Å². The summed E-state index contributed by atoms with van der Waals surface area (Å²) in [4.78, 5) is 23.8. The Hall–Kier alpha value is -1.26. The number of carbonyl (C=O) groups excluding carboxylic acids is 1. The lowest BCUT2D eigenvalue weighted by Crippen LogP contribution is -2.54. The molecule has 2 aliphatic rings. The van der Waals surface area contributed by atoms with Crippen LogP contribution in [0.3, 0.4) is 0 Å². The van der Waals surface area contributed by atoms with E-state index in [1.165, 1.54) is 12.8 Å². The van der Waals surface area contributed by atoms with Gasteiger partial charge in [0.05, 0.1) is 6.42 Å². The van der Waals surface area contributed by atoms with E-state index < -0.39 is 5.97 Å². The fraction of sp³-hybridized carbons (Fsp3) is 0.833. The smallest absolute Gasteiger partial charge is 0.317 e. The molecule has 0 bridgehead atoms. The summed E-state index contributed by atoms with van der Waals surface area (Å²) in [6.07, 6.45) is 2.76. The maximum atomic E-state index is 11.7. The zero-order valence-corrected chi connectivity index (χ0v) is 10.2. The first-order valence-electron chi connectivity index (χ1n) is 6.31. The van der Waals surface area contributed by atoms with Gasteiger partial charge in [-0.15, -0.1) is 0 Å². The summed E-state index contributed by atoms with van der Waals surface area (Å²) in [5.74, 6) is 0.720. The fourth-order valence-electron chi connectivity index (χ4n) is 2.30. The highest BCUT2D eigenvalue weighted by molar-refractivity contribution is 5.75. The molecule has 0 spiro atoms. The molecule has 1 unspecified atom stereocenters. The highest BCUT2D eigenvalue weighted by Gasteiger charge is 2.33.